The van der Waals surface area contributed by atoms with Gasteiger partial charge in [-0.25, -0.2) is 4.39 Å². The summed E-state index contributed by atoms with van der Waals surface area (Å²) in [6.07, 6.45) is 0.980. The van der Waals surface area contributed by atoms with Gasteiger partial charge in [-0.2, -0.15) is 0 Å². The lowest BCUT2D eigenvalue weighted by molar-refractivity contribution is -0.0172. The van der Waals surface area contributed by atoms with Crippen LogP contribution in [-0.2, 0) is 11.3 Å². The molecular weight excluding hydrogens is 209 g/mol. The molecule has 2 aliphatic rings. The molecule has 0 saturated carbocycles. The van der Waals surface area contributed by atoms with Gasteiger partial charge in [-0.1, -0.05) is 0 Å². The lowest BCUT2D eigenvalue weighted by Gasteiger charge is -2.23. The quantitative estimate of drug-likeness (QED) is 0.787. The number of hydrogen-bond acceptors (Lipinski definition) is 3. The molecule has 2 heterocycles. The maximum atomic E-state index is 13.9. The summed E-state index contributed by atoms with van der Waals surface area (Å²) in [6.45, 7) is 2.52. The topological polar surface area (TPSA) is 30.5 Å². The Labute approximate surface area is 93.6 Å². The van der Waals surface area contributed by atoms with E-state index in [4.69, 9.17) is 9.47 Å². The molecule has 86 valence electrons. The van der Waals surface area contributed by atoms with Crippen molar-refractivity contribution >= 4 is 0 Å². The van der Waals surface area contributed by atoms with E-state index in [-0.39, 0.29) is 18.5 Å². The first-order valence-corrected chi connectivity index (χ1v) is 5.59. The maximum absolute atomic E-state index is 13.9. The Kier molecular flexibility index (Phi) is 2.53. The van der Waals surface area contributed by atoms with Crippen LogP contribution in [-0.4, -0.2) is 19.9 Å². The normalized spacial score (nSPS) is 23.9. The van der Waals surface area contributed by atoms with Crippen LogP contribution in [0.15, 0.2) is 12.1 Å². The fraction of sp³-hybridized carbons (Fsp3) is 0.500. The van der Waals surface area contributed by atoms with Crippen LogP contribution in [0.5, 0.6) is 5.75 Å². The molecular formula is C12H14FNO2. The molecule has 1 N–H and O–H groups in total. The van der Waals surface area contributed by atoms with E-state index in [1.807, 2.05) is 0 Å². The molecule has 16 heavy (non-hydrogen) atoms. The van der Waals surface area contributed by atoms with Gasteiger partial charge in [0.05, 0.1) is 6.61 Å². The molecule has 0 amide bonds. The second-order valence-corrected chi connectivity index (χ2v) is 4.24. The Hall–Kier alpha value is -1.13. The molecule has 0 spiro atoms. The van der Waals surface area contributed by atoms with Crippen LogP contribution < -0.4 is 10.1 Å². The van der Waals surface area contributed by atoms with Crippen molar-refractivity contribution in [2.24, 2.45) is 0 Å². The lowest BCUT2D eigenvalue weighted by Crippen LogP contribution is -2.17. The predicted molar refractivity (Wildman–Crippen MR) is 56.9 cm³/mol. The first kappa shape index (κ1) is 10.1. The number of rotatable bonds is 1. The molecule has 0 aromatic heterocycles. The second kappa shape index (κ2) is 4.03. The fourth-order valence-electron chi connectivity index (χ4n) is 2.49. The van der Waals surface area contributed by atoms with Gasteiger partial charge in [0.25, 0.3) is 0 Å². The Bertz CT molecular complexity index is 402. The number of hydrogen-bond donors (Lipinski definition) is 1. The highest BCUT2D eigenvalue weighted by atomic mass is 19.1. The zero-order valence-electron chi connectivity index (χ0n) is 8.96. The summed E-state index contributed by atoms with van der Waals surface area (Å²) in [4.78, 5) is 0. The summed E-state index contributed by atoms with van der Waals surface area (Å²) >= 11 is 0. The largest absolute Gasteiger partial charge is 0.467 e. The van der Waals surface area contributed by atoms with E-state index in [0.717, 1.165) is 36.4 Å². The van der Waals surface area contributed by atoms with Crippen molar-refractivity contribution in [3.63, 3.8) is 0 Å². The van der Waals surface area contributed by atoms with Crippen LogP contribution in [0.3, 0.4) is 0 Å². The molecule has 4 heteroatoms. The molecule has 1 atom stereocenters. The first-order chi connectivity index (χ1) is 7.86. The van der Waals surface area contributed by atoms with E-state index in [1.165, 1.54) is 6.07 Å². The van der Waals surface area contributed by atoms with Crippen molar-refractivity contribution in [3.8, 4) is 5.75 Å². The van der Waals surface area contributed by atoms with Gasteiger partial charge in [0.15, 0.2) is 6.79 Å². The van der Waals surface area contributed by atoms with Crippen molar-refractivity contribution in [1.82, 2.24) is 5.32 Å². The molecule has 2 aliphatic heterocycles. The highest BCUT2D eigenvalue weighted by molar-refractivity contribution is 5.43. The molecule has 3 rings (SSSR count). The van der Waals surface area contributed by atoms with Crippen LogP contribution in [0, 0.1) is 5.82 Å². The molecule has 1 unspecified atom stereocenters. The molecule has 1 aromatic rings. The molecule has 1 aromatic carbocycles. The van der Waals surface area contributed by atoms with Crippen LogP contribution in [0.2, 0.25) is 0 Å². The third-order valence-corrected chi connectivity index (χ3v) is 3.27. The van der Waals surface area contributed by atoms with Crippen LogP contribution in [0.1, 0.15) is 23.5 Å². The van der Waals surface area contributed by atoms with Crippen molar-refractivity contribution in [1.29, 1.82) is 0 Å². The summed E-state index contributed by atoms with van der Waals surface area (Å²) in [5.74, 6) is 0.886. The van der Waals surface area contributed by atoms with Gasteiger partial charge in [0.1, 0.15) is 11.6 Å². The molecule has 0 aliphatic carbocycles. The third kappa shape index (κ3) is 1.58. The number of ether oxygens (including phenoxy) is 2. The number of nitrogens with one attached hydrogen (secondary N) is 1. The van der Waals surface area contributed by atoms with Gasteiger partial charge in [0, 0.05) is 23.6 Å². The molecule has 3 nitrogen and oxygen atoms in total. The van der Waals surface area contributed by atoms with Gasteiger partial charge in [-0.05, 0) is 25.1 Å². The lowest BCUT2D eigenvalue weighted by atomic mass is 9.92. The van der Waals surface area contributed by atoms with E-state index in [2.05, 4.69) is 5.32 Å². The zero-order valence-corrected chi connectivity index (χ0v) is 8.96. The summed E-state index contributed by atoms with van der Waals surface area (Å²) in [5.41, 5.74) is 1.67. The van der Waals surface area contributed by atoms with E-state index in [0.29, 0.717) is 6.61 Å². The van der Waals surface area contributed by atoms with Gasteiger partial charge in [0.2, 0.25) is 0 Å². The minimum atomic E-state index is -0.137. The van der Waals surface area contributed by atoms with E-state index in [1.54, 1.807) is 6.07 Å². The monoisotopic (exact) mass is 223 g/mol. The smallest absolute Gasteiger partial charge is 0.189 e. The number of halogens is 1. The predicted octanol–water partition coefficient (Wildman–Crippen LogP) is 1.77. The number of benzene rings is 1. The summed E-state index contributed by atoms with van der Waals surface area (Å²) in [6, 6.07) is 3.19. The summed E-state index contributed by atoms with van der Waals surface area (Å²) in [7, 11) is 0. The van der Waals surface area contributed by atoms with Crippen LogP contribution in [0.4, 0.5) is 4.39 Å². The van der Waals surface area contributed by atoms with Crippen molar-refractivity contribution in [2.75, 3.05) is 19.9 Å². The highest BCUT2D eigenvalue weighted by Gasteiger charge is 2.26. The number of fused-ring (bicyclic) bond motifs is 1. The van der Waals surface area contributed by atoms with Gasteiger partial charge >= 0.3 is 0 Å². The zero-order chi connectivity index (χ0) is 11.0. The Morgan fingerprint density at radius 3 is 3.12 bits per heavy atom. The Morgan fingerprint density at radius 2 is 2.31 bits per heavy atom. The molecule has 0 radical (unpaired) electrons. The van der Waals surface area contributed by atoms with Crippen molar-refractivity contribution < 1.29 is 13.9 Å². The molecule has 1 saturated heterocycles. The average molecular weight is 223 g/mol. The summed E-state index contributed by atoms with van der Waals surface area (Å²) in [5, 5.41) is 3.26. The second-order valence-electron chi connectivity index (χ2n) is 4.24. The Balaban J connectivity index is 2.06. The minimum absolute atomic E-state index is 0.137. The van der Waals surface area contributed by atoms with E-state index < -0.39 is 0 Å². The summed E-state index contributed by atoms with van der Waals surface area (Å²) < 4.78 is 24.5. The maximum Gasteiger partial charge on any atom is 0.189 e. The van der Waals surface area contributed by atoms with Crippen molar-refractivity contribution in [2.45, 2.75) is 18.9 Å². The third-order valence-electron chi connectivity index (χ3n) is 3.27. The highest BCUT2D eigenvalue weighted by Crippen LogP contribution is 2.35. The van der Waals surface area contributed by atoms with Crippen LogP contribution >= 0.6 is 0 Å². The average Bonchev–Trinajstić information content (AvgIpc) is 2.82. The van der Waals surface area contributed by atoms with E-state index in [9.17, 15) is 4.39 Å². The molecule has 0 bridgehead atoms. The van der Waals surface area contributed by atoms with Crippen molar-refractivity contribution in [3.05, 3.63) is 29.1 Å². The first-order valence-electron chi connectivity index (χ1n) is 5.59. The minimum Gasteiger partial charge on any atom is -0.467 e. The molecule has 1 fully saturated rings. The van der Waals surface area contributed by atoms with E-state index >= 15 is 0 Å². The van der Waals surface area contributed by atoms with Gasteiger partial charge < -0.3 is 14.8 Å². The van der Waals surface area contributed by atoms with Crippen LogP contribution in [0.25, 0.3) is 0 Å². The SMILES string of the molecule is Fc1ccc2c(c1C1CCNC1)COCO2. The Morgan fingerprint density at radius 1 is 1.38 bits per heavy atom. The fourth-order valence-corrected chi connectivity index (χ4v) is 2.49. The van der Waals surface area contributed by atoms with Gasteiger partial charge in [-0.15, -0.1) is 0 Å². The standard InChI is InChI=1S/C12H14FNO2/c13-10-1-2-11-9(6-15-7-16-11)12(10)8-3-4-14-5-8/h1-2,8,14H,3-7H2. The van der Waals surface area contributed by atoms with Gasteiger partial charge in [-0.3, -0.25) is 0 Å².